The van der Waals surface area contributed by atoms with Crippen molar-refractivity contribution in [3.63, 3.8) is 0 Å². The van der Waals surface area contributed by atoms with Gasteiger partial charge in [-0.25, -0.2) is 9.97 Å². The highest BCUT2D eigenvalue weighted by molar-refractivity contribution is 5.70. The first-order chi connectivity index (χ1) is 9.31. The van der Waals surface area contributed by atoms with Gasteiger partial charge in [-0.1, -0.05) is 6.92 Å². The first kappa shape index (κ1) is 13.3. The molecule has 0 fully saturated rings. The molecular weight excluding hydrogens is 242 g/mol. The van der Waals surface area contributed by atoms with Crippen LogP contribution in [-0.2, 0) is 6.54 Å². The predicted octanol–water partition coefficient (Wildman–Crippen LogP) is 2.19. The van der Waals surface area contributed by atoms with Crippen LogP contribution in [0.5, 0.6) is 5.75 Å². The van der Waals surface area contributed by atoms with Gasteiger partial charge in [-0.3, -0.25) is 4.68 Å². The second-order valence-electron chi connectivity index (χ2n) is 4.07. The lowest BCUT2D eigenvalue weighted by molar-refractivity contribution is 0.414. The largest absolute Gasteiger partial charge is 0.491 e. The van der Waals surface area contributed by atoms with Gasteiger partial charge in [0.2, 0.25) is 0 Å². The quantitative estimate of drug-likeness (QED) is 0.863. The Labute approximate surface area is 112 Å². The summed E-state index contributed by atoms with van der Waals surface area (Å²) in [6.45, 7) is 5.77. The Morgan fingerprint density at radius 1 is 1.32 bits per heavy atom. The van der Waals surface area contributed by atoms with Crippen LogP contribution < -0.4 is 10.1 Å². The van der Waals surface area contributed by atoms with Gasteiger partial charge in [0.1, 0.15) is 12.0 Å². The van der Waals surface area contributed by atoms with Crippen LogP contribution in [0.2, 0.25) is 0 Å². The van der Waals surface area contributed by atoms with Crippen molar-refractivity contribution in [1.82, 2.24) is 19.7 Å². The molecule has 0 aliphatic carbocycles. The summed E-state index contributed by atoms with van der Waals surface area (Å²) >= 11 is 0. The van der Waals surface area contributed by atoms with E-state index in [0.29, 0.717) is 11.6 Å². The van der Waals surface area contributed by atoms with Crippen LogP contribution in [0.15, 0.2) is 18.6 Å². The number of anilines is 1. The molecule has 0 aromatic carbocycles. The molecule has 0 atom stereocenters. The van der Waals surface area contributed by atoms with Crippen molar-refractivity contribution in [1.29, 1.82) is 0 Å². The van der Waals surface area contributed by atoms with E-state index in [4.69, 9.17) is 4.74 Å². The molecule has 0 radical (unpaired) electrons. The maximum Gasteiger partial charge on any atom is 0.189 e. The molecule has 6 heteroatoms. The van der Waals surface area contributed by atoms with Gasteiger partial charge in [0.05, 0.1) is 12.8 Å². The first-order valence-electron chi connectivity index (χ1n) is 6.46. The molecule has 0 aliphatic rings. The number of nitrogens with zero attached hydrogens (tertiary/aromatic N) is 4. The Balaban J connectivity index is 2.48. The Hall–Kier alpha value is -2.11. The number of nitrogens with one attached hydrogen (secondary N) is 1. The average Bonchev–Trinajstić information content (AvgIpc) is 2.87. The van der Waals surface area contributed by atoms with Crippen LogP contribution in [0, 0.1) is 0 Å². The molecule has 19 heavy (non-hydrogen) atoms. The summed E-state index contributed by atoms with van der Waals surface area (Å²) < 4.78 is 7.39. The van der Waals surface area contributed by atoms with Crippen molar-refractivity contribution >= 4 is 5.82 Å². The lowest BCUT2D eigenvalue weighted by atomic mass is 10.2. The standard InChI is InChI=1S/C13H19N5O/c1-4-8-18-10(6-7-17-18)11-12(19-3)13(14-5-2)16-9-15-11/h6-7,9H,4-5,8H2,1-3H3,(H,14,15,16). The average molecular weight is 261 g/mol. The second kappa shape index (κ2) is 6.17. The van der Waals surface area contributed by atoms with Crippen LogP contribution in [-0.4, -0.2) is 33.4 Å². The third kappa shape index (κ3) is 2.67. The smallest absolute Gasteiger partial charge is 0.189 e. The molecular formula is C13H19N5O. The van der Waals surface area contributed by atoms with Crippen molar-refractivity contribution in [2.24, 2.45) is 0 Å². The topological polar surface area (TPSA) is 64.9 Å². The van der Waals surface area contributed by atoms with E-state index in [-0.39, 0.29) is 0 Å². The van der Waals surface area contributed by atoms with Crippen LogP contribution in [0.1, 0.15) is 20.3 Å². The third-order valence-electron chi connectivity index (χ3n) is 2.75. The number of ether oxygens (including phenoxy) is 1. The summed E-state index contributed by atoms with van der Waals surface area (Å²) in [6, 6.07) is 1.94. The molecule has 102 valence electrons. The number of aryl methyl sites for hydroxylation is 1. The van der Waals surface area contributed by atoms with E-state index < -0.39 is 0 Å². The molecule has 2 rings (SSSR count). The minimum Gasteiger partial charge on any atom is -0.491 e. The van der Waals surface area contributed by atoms with Gasteiger partial charge < -0.3 is 10.1 Å². The van der Waals surface area contributed by atoms with Gasteiger partial charge in [-0.2, -0.15) is 5.10 Å². The highest BCUT2D eigenvalue weighted by Gasteiger charge is 2.16. The summed E-state index contributed by atoms with van der Waals surface area (Å²) in [5, 5.41) is 7.49. The lowest BCUT2D eigenvalue weighted by Gasteiger charge is -2.13. The van der Waals surface area contributed by atoms with Gasteiger partial charge in [0.15, 0.2) is 11.6 Å². The molecule has 0 unspecified atom stereocenters. The Kier molecular flexibility index (Phi) is 4.33. The zero-order valence-corrected chi connectivity index (χ0v) is 11.6. The zero-order chi connectivity index (χ0) is 13.7. The molecule has 2 aromatic heterocycles. The Bertz CT molecular complexity index is 538. The fourth-order valence-electron chi connectivity index (χ4n) is 1.97. The van der Waals surface area contributed by atoms with Crippen LogP contribution in [0.3, 0.4) is 0 Å². The summed E-state index contributed by atoms with van der Waals surface area (Å²) in [6.07, 6.45) is 4.33. The summed E-state index contributed by atoms with van der Waals surface area (Å²) in [5.41, 5.74) is 1.71. The van der Waals surface area contributed by atoms with Gasteiger partial charge in [0.25, 0.3) is 0 Å². The molecule has 0 amide bonds. The van der Waals surface area contributed by atoms with Crippen LogP contribution in [0.25, 0.3) is 11.4 Å². The van der Waals surface area contributed by atoms with E-state index in [0.717, 1.165) is 30.9 Å². The predicted molar refractivity (Wildman–Crippen MR) is 74.3 cm³/mol. The van der Waals surface area contributed by atoms with Crippen molar-refractivity contribution in [3.05, 3.63) is 18.6 Å². The zero-order valence-electron chi connectivity index (χ0n) is 11.6. The normalized spacial score (nSPS) is 10.5. The van der Waals surface area contributed by atoms with E-state index in [1.54, 1.807) is 19.6 Å². The number of rotatable bonds is 6. The summed E-state index contributed by atoms with van der Waals surface area (Å²) in [5.74, 6) is 1.36. The highest BCUT2D eigenvalue weighted by Crippen LogP contribution is 2.32. The lowest BCUT2D eigenvalue weighted by Crippen LogP contribution is -2.07. The van der Waals surface area contributed by atoms with E-state index in [9.17, 15) is 0 Å². The summed E-state index contributed by atoms with van der Waals surface area (Å²) in [7, 11) is 1.63. The van der Waals surface area contributed by atoms with Gasteiger partial charge in [0, 0.05) is 19.3 Å². The maximum atomic E-state index is 5.46. The second-order valence-corrected chi connectivity index (χ2v) is 4.07. The van der Waals surface area contributed by atoms with Crippen molar-refractivity contribution in [3.8, 4) is 17.1 Å². The minimum atomic E-state index is 0.655. The number of methoxy groups -OCH3 is 1. The fraction of sp³-hybridized carbons (Fsp3) is 0.462. The summed E-state index contributed by atoms with van der Waals surface area (Å²) in [4.78, 5) is 8.55. The van der Waals surface area contributed by atoms with E-state index in [1.165, 1.54) is 0 Å². The maximum absolute atomic E-state index is 5.46. The van der Waals surface area contributed by atoms with Gasteiger partial charge >= 0.3 is 0 Å². The van der Waals surface area contributed by atoms with Gasteiger partial charge in [-0.15, -0.1) is 0 Å². The van der Waals surface area contributed by atoms with Crippen LogP contribution in [0.4, 0.5) is 5.82 Å². The number of hydrogen-bond acceptors (Lipinski definition) is 5. The third-order valence-corrected chi connectivity index (χ3v) is 2.75. The first-order valence-corrected chi connectivity index (χ1v) is 6.46. The molecule has 2 heterocycles. The molecule has 0 aliphatic heterocycles. The monoisotopic (exact) mass is 261 g/mol. The fourth-order valence-corrected chi connectivity index (χ4v) is 1.97. The van der Waals surface area contributed by atoms with Crippen LogP contribution >= 0.6 is 0 Å². The number of hydrogen-bond donors (Lipinski definition) is 1. The Morgan fingerprint density at radius 3 is 2.84 bits per heavy atom. The number of aromatic nitrogens is 4. The molecule has 0 bridgehead atoms. The Morgan fingerprint density at radius 2 is 2.16 bits per heavy atom. The van der Waals surface area contributed by atoms with Gasteiger partial charge in [-0.05, 0) is 19.4 Å². The highest BCUT2D eigenvalue weighted by atomic mass is 16.5. The molecule has 1 N–H and O–H groups in total. The minimum absolute atomic E-state index is 0.655. The molecule has 0 saturated heterocycles. The van der Waals surface area contributed by atoms with Crippen molar-refractivity contribution in [2.45, 2.75) is 26.8 Å². The molecule has 6 nitrogen and oxygen atoms in total. The molecule has 2 aromatic rings. The molecule has 0 spiro atoms. The van der Waals surface area contributed by atoms with Crippen molar-refractivity contribution < 1.29 is 4.74 Å². The van der Waals surface area contributed by atoms with Crippen molar-refractivity contribution in [2.75, 3.05) is 19.0 Å². The van der Waals surface area contributed by atoms with E-state index in [1.807, 2.05) is 17.7 Å². The molecule has 0 saturated carbocycles. The SMILES string of the molecule is CCCn1nccc1-c1ncnc(NCC)c1OC. The van der Waals surface area contributed by atoms with E-state index in [2.05, 4.69) is 27.3 Å². The van der Waals surface area contributed by atoms with E-state index >= 15 is 0 Å².